The maximum Gasteiger partial charge on any atom is 0.183 e. The van der Waals surface area contributed by atoms with Gasteiger partial charge in [-0.3, -0.25) is 0 Å². The maximum absolute atomic E-state index is 4.70. The number of rotatable bonds is 2. The van der Waals surface area contributed by atoms with Crippen LogP contribution in [0, 0.1) is 20.8 Å². The smallest absolute Gasteiger partial charge is 0.183 e. The van der Waals surface area contributed by atoms with Crippen molar-refractivity contribution in [1.82, 2.24) is 9.97 Å². The molecule has 3 rings (SSSR count). The van der Waals surface area contributed by atoms with Crippen molar-refractivity contribution >= 4 is 27.4 Å². The fourth-order valence-electron chi connectivity index (χ4n) is 2.48. The van der Waals surface area contributed by atoms with Crippen LogP contribution in [0.1, 0.15) is 16.1 Å². The third kappa shape index (κ3) is 1.92. The minimum atomic E-state index is 0.967. The van der Waals surface area contributed by atoms with Crippen LogP contribution in [0.25, 0.3) is 22.2 Å². The normalized spacial score (nSPS) is 11.2. The Hall–Kier alpha value is -1.81. The summed E-state index contributed by atoms with van der Waals surface area (Å²) in [6, 6.07) is 6.50. The van der Waals surface area contributed by atoms with Crippen molar-refractivity contribution < 1.29 is 0 Å². The van der Waals surface area contributed by atoms with Crippen molar-refractivity contribution in [3.05, 3.63) is 34.3 Å². The predicted octanol–water partition coefficient (Wildman–Crippen LogP) is 4.26. The molecule has 0 saturated carbocycles. The molecule has 0 aliphatic heterocycles. The van der Waals surface area contributed by atoms with Gasteiger partial charge >= 0.3 is 0 Å². The fraction of sp³-hybridized carbons (Fsp3) is 0.267. The zero-order valence-corrected chi connectivity index (χ0v) is 12.4. The monoisotopic (exact) mass is 271 g/mol. The molecule has 0 unspecified atom stereocenters. The van der Waals surface area contributed by atoms with Crippen LogP contribution in [-0.4, -0.2) is 17.0 Å². The second-order valence-electron chi connectivity index (χ2n) is 4.85. The van der Waals surface area contributed by atoms with Gasteiger partial charge in [0.15, 0.2) is 5.13 Å². The van der Waals surface area contributed by atoms with Gasteiger partial charge in [-0.2, -0.15) is 0 Å². The highest BCUT2D eigenvalue weighted by Crippen LogP contribution is 2.37. The number of nitrogens with one attached hydrogen (secondary N) is 2. The van der Waals surface area contributed by atoms with E-state index < -0.39 is 0 Å². The van der Waals surface area contributed by atoms with Crippen LogP contribution < -0.4 is 5.32 Å². The lowest BCUT2D eigenvalue weighted by atomic mass is 10.1. The minimum Gasteiger partial charge on any atom is -0.365 e. The van der Waals surface area contributed by atoms with Gasteiger partial charge in [-0.05, 0) is 32.9 Å². The van der Waals surface area contributed by atoms with E-state index in [2.05, 4.69) is 49.3 Å². The van der Waals surface area contributed by atoms with E-state index in [9.17, 15) is 0 Å². The third-order valence-electron chi connectivity index (χ3n) is 3.39. The number of nitrogens with zero attached hydrogens (tertiary/aromatic N) is 1. The first-order valence-corrected chi connectivity index (χ1v) is 7.16. The second-order valence-corrected chi connectivity index (χ2v) is 6.05. The predicted molar refractivity (Wildman–Crippen MR) is 83.2 cm³/mol. The van der Waals surface area contributed by atoms with Crippen molar-refractivity contribution in [1.29, 1.82) is 0 Å². The van der Waals surface area contributed by atoms with E-state index in [1.54, 1.807) is 11.3 Å². The molecule has 0 saturated heterocycles. The second kappa shape index (κ2) is 4.38. The number of aryl methyl sites for hydroxylation is 3. The summed E-state index contributed by atoms with van der Waals surface area (Å²) in [6.07, 6.45) is 0. The largest absolute Gasteiger partial charge is 0.365 e. The summed E-state index contributed by atoms with van der Waals surface area (Å²) >= 11 is 1.70. The van der Waals surface area contributed by atoms with Crippen molar-refractivity contribution in [3.8, 4) is 11.3 Å². The van der Waals surface area contributed by atoms with Crippen LogP contribution in [-0.2, 0) is 0 Å². The quantitative estimate of drug-likeness (QED) is 0.731. The molecule has 2 N–H and O–H groups in total. The summed E-state index contributed by atoms with van der Waals surface area (Å²) in [5.74, 6) is 0. The molecular formula is C15H17N3S. The Morgan fingerprint density at radius 1 is 1.21 bits per heavy atom. The Kier molecular flexibility index (Phi) is 2.82. The molecule has 4 heteroatoms. The molecule has 1 aromatic carbocycles. The van der Waals surface area contributed by atoms with E-state index in [0.717, 1.165) is 10.8 Å². The topological polar surface area (TPSA) is 40.7 Å². The maximum atomic E-state index is 4.70. The van der Waals surface area contributed by atoms with Crippen LogP contribution >= 0.6 is 11.3 Å². The molecule has 0 aliphatic rings. The summed E-state index contributed by atoms with van der Waals surface area (Å²) in [5, 5.41) is 5.35. The zero-order valence-electron chi connectivity index (χ0n) is 11.6. The van der Waals surface area contributed by atoms with Crippen LogP contribution in [0.3, 0.4) is 0 Å². The Labute approximate surface area is 116 Å². The molecular weight excluding hydrogens is 254 g/mol. The first-order chi connectivity index (χ1) is 9.10. The molecule has 98 valence electrons. The molecule has 3 aromatic rings. The molecule has 0 spiro atoms. The molecule has 3 nitrogen and oxygen atoms in total. The van der Waals surface area contributed by atoms with E-state index in [1.165, 1.54) is 32.6 Å². The van der Waals surface area contributed by atoms with Gasteiger partial charge in [0.05, 0.1) is 5.69 Å². The SMILES string of the molecule is CNc1nc(-c2c(C)[nH]c3ccc(C)cc23)c(C)s1. The zero-order chi connectivity index (χ0) is 13.6. The Bertz CT molecular complexity index is 752. The lowest BCUT2D eigenvalue weighted by Crippen LogP contribution is -1.87. The number of hydrogen-bond donors (Lipinski definition) is 2. The van der Waals surface area contributed by atoms with E-state index in [1.807, 2.05) is 7.05 Å². The third-order valence-corrected chi connectivity index (χ3v) is 4.38. The molecule has 19 heavy (non-hydrogen) atoms. The molecule has 0 amide bonds. The number of H-pyrrole nitrogens is 1. The van der Waals surface area contributed by atoms with Crippen molar-refractivity contribution in [3.63, 3.8) is 0 Å². The summed E-state index contributed by atoms with van der Waals surface area (Å²) in [7, 11) is 1.91. The van der Waals surface area contributed by atoms with Crippen molar-refractivity contribution in [2.45, 2.75) is 20.8 Å². The number of thiazole rings is 1. The summed E-state index contributed by atoms with van der Waals surface area (Å²) in [5.41, 5.74) is 5.94. The average Bonchev–Trinajstić information content (AvgIpc) is 2.88. The first kappa shape index (κ1) is 12.2. The van der Waals surface area contributed by atoms with Gasteiger partial charge in [0.25, 0.3) is 0 Å². The Balaban J connectivity index is 2.31. The van der Waals surface area contributed by atoms with Gasteiger partial charge in [0, 0.05) is 34.1 Å². The van der Waals surface area contributed by atoms with Gasteiger partial charge < -0.3 is 10.3 Å². The Morgan fingerprint density at radius 2 is 2.00 bits per heavy atom. The van der Waals surface area contributed by atoms with E-state index in [4.69, 9.17) is 4.98 Å². The van der Waals surface area contributed by atoms with Crippen molar-refractivity contribution in [2.24, 2.45) is 0 Å². The van der Waals surface area contributed by atoms with Gasteiger partial charge in [0.1, 0.15) is 0 Å². The van der Waals surface area contributed by atoms with Crippen LogP contribution in [0.5, 0.6) is 0 Å². The summed E-state index contributed by atoms with van der Waals surface area (Å²) in [4.78, 5) is 9.40. The van der Waals surface area contributed by atoms with Gasteiger partial charge in [-0.15, -0.1) is 11.3 Å². The number of aromatic amines is 1. The first-order valence-electron chi connectivity index (χ1n) is 6.34. The average molecular weight is 271 g/mol. The Morgan fingerprint density at radius 3 is 2.68 bits per heavy atom. The number of anilines is 1. The highest BCUT2D eigenvalue weighted by molar-refractivity contribution is 7.16. The minimum absolute atomic E-state index is 0.967. The standard InChI is InChI=1S/C15H17N3S/c1-8-5-6-12-11(7-8)13(9(2)17-12)14-10(3)19-15(16-4)18-14/h5-7,17H,1-4H3,(H,16,18). The molecule has 0 bridgehead atoms. The summed E-state index contributed by atoms with van der Waals surface area (Å²) < 4.78 is 0. The number of benzene rings is 1. The molecule has 2 aromatic heterocycles. The van der Waals surface area contributed by atoms with Gasteiger partial charge in [-0.25, -0.2) is 4.98 Å². The number of aromatic nitrogens is 2. The summed E-state index contributed by atoms with van der Waals surface area (Å²) in [6.45, 7) is 6.36. The molecule has 0 radical (unpaired) electrons. The fourth-order valence-corrected chi connectivity index (χ4v) is 3.25. The lowest BCUT2D eigenvalue weighted by molar-refractivity contribution is 1.27. The number of fused-ring (bicyclic) bond motifs is 1. The molecule has 0 aliphatic carbocycles. The van der Waals surface area contributed by atoms with E-state index >= 15 is 0 Å². The van der Waals surface area contributed by atoms with Crippen LogP contribution in [0.2, 0.25) is 0 Å². The molecule has 0 atom stereocenters. The van der Waals surface area contributed by atoms with Gasteiger partial charge in [-0.1, -0.05) is 11.6 Å². The highest BCUT2D eigenvalue weighted by atomic mass is 32.1. The highest BCUT2D eigenvalue weighted by Gasteiger charge is 2.16. The molecule has 2 heterocycles. The lowest BCUT2D eigenvalue weighted by Gasteiger charge is -2.00. The van der Waals surface area contributed by atoms with Crippen LogP contribution in [0.4, 0.5) is 5.13 Å². The van der Waals surface area contributed by atoms with E-state index in [-0.39, 0.29) is 0 Å². The van der Waals surface area contributed by atoms with Gasteiger partial charge in [0.2, 0.25) is 0 Å². The number of hydrogen-bond acceptors (Lipinski definition) is 3. The molecule has 0 fully saturated rings. The van der Waals surface area contributed by atoms with Crippen LogP contribution in [0.15, 0.2) is 18.2 Å². The van der Waals surface area contributed by atoms with Crippen molar-refractivity contribution in [2.75, 3.05) is 12.4 Å². The van der Waals surface area contributed by atoms with E-state index in [0.29, 0.717) is 0 Å².